The van der Waals surface area contributed by atoms with Crippen molar-refractivity contribution in [1.82, 2.24) is 19.4 Å². The fourth-order valence-corrected chi connectivity index (χ4v) is 2.58. The standard InChI is InChI=1S/C14H23N5O2/c1-11(20)17-5-4-6-18(8-7-17)13(21)14(2,3)19-9-12(15)16-10-19/h9-10H,4-8,15H2,1-3H3. The van der Waals surface area contributed by atoms with Crippen molar-refractivity contribution in [2.45, 2.75) is 32.7 Å². The van der Waals surface area contributed by atoms with Crippen LogP contribution in [0.3, 0.4) is 0 Å². The van der Waals surface area contributed by atoms with Crippen molar-refractivity contribution in [2.75, 3.05) is 31.9 Å². The minimum Gasteiger partial charge on any atom is -0.382 e. The van der Waals surface area contributed by atoms with Gasteiger partial charge in [0.25, 0.3) is 0 Å². The second kappa shape index (κ2) is 5.75. The summed E-state index contributed by atoms with van der Waals surface area (Å²) in [4.78, 5) is 31.8. The first-order valence-electron chi connectivity index (χ1n) is 7.17. The summed E-state index contributed by atoms with van der Waals surface area (Å²) in [6.45, 7) is 7.78. The molecule has 2 rings (SSSR count). The molecule has 116 valence electrons. The number of carbonyl (C=O) groups is 2. The average Bonchev–Trinajstić information content (AvgIpc) is 2.73. The maximum Gasteiger partial charge on any atom is 0.248 e. The topological polar surface area (TPSA) is 84.5 Å². The summed E-state index contributed by atoms with van der Waals surface area (Å²) in [7, 11) is 0. The van der Waals surface area contributed by atoms with Crippen LogP contribution in [0.5, 0.6) is 0 Å². The number of aromatic nitrogens is 2. The molecule has 2 amide bonds. The predicted octanol–water partition coefficient (Wildman–Crippen LogP) is 0.281. The molecule has 7 nitrogen and oxygen atoms in total. The molecule has 1 saturated heterocycles. The van der Waals surface area contributed by atoms with Crippen molar-refractivity contribution in [3.63, 3.8) is 0 Å². The molecule has 0 radical (unpaired) electrons. The van der Waals surface area contributed by atoms with Crippen molar-refractivity contribution in [2.24, 2.45) is 0 Å². The van der Waals surface area contributed by atoms with Crippen molar-refractivity contribution in [3.05, 3.63) is 12.5 Å². The fraction of sp³-hybridized carbons (Fsp3) is 0.643. The first-order valence-corrected chi connectivity index (χ1v) is 7.17. The molecular formula is C14H23N5O2. The van der Waals surface area contributed by atoms with Gasteiger partial charge in [-0.1, -0.05) is 0 Å². The molecule has 0 bridgehead atoms. The highest BCUT2D eigenvalue weighted by Crippen LogP contribution is 2.20. The van der Waals surface area contributed by atoms with Gasteiger partial charge in [-0.25, -0.2) is 4.98 Å². The monoisotopic (exact) mass is 293 g/mol. The van der Waals surface area contributed by atoms with Crippen LogP contribution in [0.2, 0.25) is 0 Å². The third kappa shape index (κ3) is 3.17. The Labute approximate surface area is 124 Å². The molecular weight excluding hydrogens is 270 g/mol. The van der Waals surface area contributed by atoms with Crippen LogP contribution in [0.4, 0.5) is 5.82 Å². The lowest BCUT2D eigenvalue weighted by atomic mass is 10.0. The molecule has 0 aliphatic carbocycles. The molecule has 0 saturated carbocycles. The number of nitrogen functional groups attached to an aromatic ring is 1. The number of hydrogen-bond acceptors (Lipinski definition) is 4. The van der Waals surface area contributed by atoms with Gasteiger partial charge in [-0.05, 0) is 20.3 Å². The Morgan fingerprint density at radius 1 is 1.19 bits per heavy atom. The van der Waals surface area contributed by atoms with Gasteiger partial charge in [0.05, 0.1) is 6.33 Å². The SMILES string of the molecule is CC(=O)N1CCCN(C(=O)C(C)(C)n2cnc(N)c2)CC1. The zero-order chi connectivity index (χ0) is 15.6. The summed E-state index contributed by atoms with van der Waals surface area (Å²) in [5.74, 6) is 0.478. The lowest BCUT2D eigenvalue weighted by Crippen LogP contribution is -2.48. The molecule has 1 aromatic rings. The number of amides is 2. The van der Waals surface area contributed by atoms with Crippen LogP contribution in [-0.2, 0) is 15.1 Å². The first kappa shape index (κ1) is 15.3. The van der Waals surface area contributed by atoms with Gasteiger partial charge in [0.15, 0.2) is 0 Å². The van der Waals surface area contributed by atoms with E-state index in [4.69, 9.17) is 5.73 Å². The molecule has 2 N–H and O–H groups in total. The summed E-state index contributed by atoms with van der Waals surface area (Å²) in [6.07, 6.45) is 4.04. The zero-order valence-corrected chi connectivity index (χ0v) is 12.9. The molecule has 7 heteroatoms. The minimum atomic E-state index is -0.740. The van der Waals surface area contributed by atoms with E-state index in [-0.39, 0.29) is 11.8 Å². The van der Waals surface area contributed by atoms with Crippen LogP contribution in [0.25, 0.3) is 0 Å². The van der Waals surface area contributed by atoms with Crippen molar-refractivity contribution in [3.8, 4) is 0 Å². The van der Waals surface area contributed by atoms with Crippen LogP contribution < -0.4 is 5.73 Å². The van der Waals surface area contributed by atoms with Gasteiger partial charge in [-0.15, -0.1) is 0 Å². The van der Waals surface area contributed by atoms with Crippen LogP contribution in [0, 0.1) is 0 Å². The second-order valence-electron chi connectivity index (χ2n) is 5.92. The van der Waals surface area contributed by atoms with Gasteiger partial charge in [0, 0.05) is 39.3 Å². The highest BCUT2D eigenvalue weighted by atomic mass is 16.2. The van der Waals surface area contributed by atoms with E-state index < -0.39 is 5.54 Å². The van der Waals surface area contributed by atoms with Gasteiger partial charge in [0.2, 0.25) is 11.8 Å². The number of carbonyl (C=O) groups excluding carboxylic acids is 2. The highest BCUT2D eigenvalue weighted by Gasteiger charge is 2.34. The highest BCUT2D eigenvalue weighted by molar-refractivity contribution is 5.84. The van der Waals surface area contributed by atoms with Gasteiger partial charge in [0.1, 0.15) is 11.4 Å². The second-order valence-corrected chi connectivity index (χ2v) is 5.92. The number of imidazole rings is 1. The van der Waals surface area contributed by atoms with Crippen molar-refractivity contribution < 1.29 is 9.59 Å². The quantitative estimate of drug-likeness (QED) is 0.849. The summed E-state index contributed by atoms with van der Waals surface area (Å²) < 4.78 is 1.73. The predicted molar refractivity (Wildman–Crippen MR) is 79.4 cm³/mol. The molecule has 1 aromatic heterocycles. The molecule has 1 aliphatic rings. The van der Waals surface area contributed by atoms with Crippen LogP contribution >= 0.6 is 0 Å². The third-order valence-corrected chi connectivity index (χ3v) is 4.00. The Morgan fingerprint density at radius 3 is 2.38 bits per heavy atom. The Balaban J connectivity index is 2.10. The summed E-state index contributed by atoms with van der Waals surface area (Å²) >= 11 is 0. The van der Waals surface area contributed by atoms with Crippen LogP contribution in [-0.4, -0.2) is 57.3 Å². The Bertz CT molecular complexity index is 537. The van der Waals surface area contributed by atoms with Gasteiger partial charge >= 0.3 is 0 Å². The lowest BCUT2D eigenvalue weighted by Gasteiger charge is -2.32. The number of rotatable bonds is 2. The maximum absolute atomic E-state index is 12.8. The van der Waals surface area contributed by atoms with E-state index >= 15 is 0 Å². The summed E-state index contributed by atoms with van der Waals surface area (Å²) in [5, 5.41) is 0. The number of hydrogen-bond donors (Lipinski definition) is 1. The maximum atomic E-state index is 12.8. The largest absolute Gasteiger partial charge is 0.382 e. The van der Waals surface area contributed by atoms with E-state index in [1.54, 1.807) is 28.9 Å². The molecule has 0 aromatic carbocycles. The van der Waals surface area contributed by atoms with E-state index in [0.29, 0.717) is 32.0 Å². The number of anilines is 1. The summed E-state index contributed by atoms with van der Waals surface area (Å²) in [6, 6.07) is 0. The minimum absolute atomic E-state index is 0.0188. The van der Waals surface area contributed by atoms with Gasteiger partial charge < -0.3 is 20.1 Å². The first-order chi connectivity index (χ1) is 9.82. The van der Waals surface area contributed by atoms with E-state index in [2.05, 4.69) is 4.98 Å². The third-order valence-electron chi connectivity index (χ3n) is 4.00. The average molecular weight is 293 g/mol. The smallest absolute Gasteiger partial charge is 0.248 e. The Kier molecular flexibility index (Phi) is 4.20. The summed E-state index contributed by atoms with van der Waals surface area (Å²) in [5.41, 5.74) is 4.89. The molecule has 0 atom stereocenters. The van der Waals surface area contributed by atoms with Crippen molar-refractivity contribution >= 4 is 17.6 Å². The van der Waals surface area contributed by atoms with Gasteiger partial charge in [-0.2, -0.15) is 0 Å². The number of nitrogens with zero attached hydrogens (tertiary/aromatic N) is 4. The van der Waals surface area contributed by atoms with E-state index in [1.807, 2.05) is 18.7 Å². The van der Waals surface area contributed by atoms with E-state index in [9.17, 15) is 9.59 Å². The fourth-order valence-electron chi connectivity index (χ4n) is 2.58. The molecule has 1 aliphatic heterocycles. The molecule has 0 unspecified atom stereocenters. The normalized spacial score (nSPS) is 16.7. The molecule has 21 heavy (non-hydrogen) atoms. The van der Waals surface area contributed by atoms with Gasteiger partial charge in [-0.3, -0.25) is 9.59 Å². The van der Waals surface area contributed by atoms with Crippen LogP contribution in [0.1, 0.15) is 27.2 Å². The zero-order valence-electron chi connectivity index (χ0n) is 12.9. The van der Waals surface area contributed by atoms with E-state index in [1.165, 1.54) is 0 Å². The van der Waals surface area contributed by atoms with Crippen molar-refractivity contribution in [1.29, 1.82) is 0 Å². The Morgan fingerprint density at radius 2 is 1.81 bits per heavy atom. The van der Waals surface area contributed by atoms with E-state index in [0.717, 1.165) is 6.42 Å². The Hall–Kier alpha value is -2.05. The lowest BCUT2D eigenvalue weighted by molar-refractivity contribution is -0.139. The molecule has 2 heterocycles. The van der Waals surface area contributed by atoms with Crippen LogP contribution in [0.15, 0.2) is 12.5 Å². The molecule has 0 spiro atoms. The molecule has 1 fully saturated rings. The number of nitrogens with two attached hydrogens (primary N) is 1.